The SMILES string of the molecule is CCOc1cccc(-c2cc(C(=O)NN=Cc3cc(OC)c(OC)c(OC)c3)[nH]n2)c1. The molecular weight excluding hydrogens is 400 g/mol. The molecular formula is C22H24N4O5. The van der Waals surface area contributed by atoms with E-state index in [4.69, 9.17) is 18.9 Å². The summed E-state index contributed by atoms with van der Waals surface area (Å²) in [6.07, 6.45) is 1.48. The number of aromatic nitrogens is 2. The maximum atomic E-state index is 12.4. The molecule has 2 N–H and O–H groups in total. The summed E-state index contributed by atoms with van der Waals surface area (Å²) in [7, 11) is 4.58. The van der Waals surface area contributed by atoms with Crippen LogP contribution in [-0.2, 0) is 0 Å². The quantitative estimate of drug-likeness (QED) is 0.403. The van der Waals surface area contributed by atoms with Crippen LogP contribution in [0.4, 0.5) is 0 Å². The lowest BCUT2D eigenvalue weighted by Crippen LogP contribution is -2.18. The lowest BCUT2D eigenvalue weighted by molar-refractivity contribution is 0.0950. The molecule has 0 saturated heterocycles. The van der Waals surface area contributed by atoms with Gasteiger partial charge in [-0.1, -0.05) is 12.1 Å². The van der Waals surface area contributed by atoms with Gasteiger partial charge in [0.2, 0.25) is 5.75 Å². The standard InChI is InChI=1S/C22H24N4O5/c1-5-31-16-8-6-7-15(11-16)17-12-18(25-24-17)22(27)26-23-13-14-9-19(28-2)21(30-4)20(10-14)29-3/h6-13H,5H2,1-4H3,(H,24,25)(H,26,27). The van der Waals surface area contributed by atoms with Crippen LogP contribution >= 0.6 is 0 Å². The number of ether oxygens (including phenoxy) is 4. The Labute approximate surface area is 180 Å². The van der Waals surface area contributed by atoms with E-state index in [1.165, 1.54) is 27.5 Å². The van der Waals surface area contributed by atoms with Crippen molar-refractivity contribution in [2.45, 2.75) is 6.92 Å². The number of nitrogens with one attached hydrogen (secondary N) is 2. The number of aromatic amines is 1. The molecule has 0 aliphatic carbocycles. The van der Waals surface area contributed by atoms with Crippen molar-refractivity contribution in [2.75, 3.05) is 27.9 Å². The van der Waals surface area contributed by atoms with Gasteiger partial charge < -0.3 is 18.9 Å². The maximum absolute atomic E-state index is 12.4. The number of rotatable bonds is 9. The molecule has 3 rings (SSSR count). The van der Waals surface area contributed by atoms with Crippen LogP contribution in [-0.4, -0.2) is 50.3 Å². The molecule has 0 fully saturated rings. The second-order valence-corrected chi connectivity index (χ2v) is 6.29. The highest BCUT2D eigenvalue weighted by molar-refractivity contribution is 5.94. The molecule has 0 aliphatic heterocycles. The zero-order valence-corrected chi connectivity index (χ0v) is 17.8. The van der Waals surface area contributed by atoms with Crippen molar-refractivity contribution in [3.05, 3.63) is 53.7 Å². The lowest BCUT2D eigenvalue weighted by Gasteiger charge is -2.12. The first-order chi connectivity index (χ1) is 15.1. The zero-order chi connectivity index (χ0) is 22.2. The summed E-state index contributed by atoms with van der Waals surface area (Å²) in [6.45, 7) is 2.49. The second kappa shape index (κ2) is 10.1. The van der Waals surface area contributed by atoms with Gasteiger partial charge in [0.15, 0.2) is 11.5 Å². The van der Waals surface area contributed by atoms with Crippen molar-refractivity contribution in [2.24, 2.45) is 5.10 Å². The fourth-order valence-electron chi connectivity index (χ4n) is 2.90. The molecule has 9 nitrogen and oxygen atoms in total. The Hall–Kier alpha value is -4.01. The molecule has 0 unspecified atom stereocenters. The van der Waals surface area contributed by atoms with Crippen molar-refractivity contribution in [1.82, 2.24) is 15.6 Å². The minimum Gasteiger partial charge on any atom is -0.494 e. The number of carbonyl (C=O) groups is 1. The van der Waals surface area contributed by atoms with E-state index in [2.05, 4.69) is 20.7 Å². The van der Waals surface area contributed by atoms with Gasteiger partial charge >= 0.3 is 0 Å². The summed E-state index contributed by atoms with van der Waals surface area (Å²) < 4.78 is 21.4. The highest BCUT2D eigenvalue weighted by Gasteiger charge is 2.13. The van der Waals surface area contributed by atoms with Gasteiger partial charge in [0, 0.05) is 11.1 Å². The van der Waals surface area contributed by atoms with E-state index < -0.39 is 5.91 Å². The number of benzene rings is 2. The van der Waals surface area contributed by atoms with E-state index in [1.807, 2.05) is 31.2 Å². The molecule has 0 spiro atoms. The van der Waals surface area contributed by atoms with Crippen LogP contribution in [0.2, 0.25) is 0 Å². The third kappa shape index (κ3) is 5.13. The van der Waals surface area contributed by atoms with Gasteiger partial charge in [-0.15, -0.1) is 0 Å². The molecule has 9 heteroatoms. The number of H-pyrrole nitrogens is 1. The molecule has 0 bridgehead atoms. The lowest BCUT2D eigenvalue weighted by atomic mass is 10.1. The molecule has 1 heterocycles. The predicted molar refractivity (Wildman–Crippen MR) is 116 cm³/mol. The van der Waals surface area contributed by atoms with E-state index in [1.54, 1.807) is 18.2 Å². The Kier molecular flexibility index (Phi) is 7.10. The normalized spacial score (nSPS) is 10.7. The number of nitrogens with zero attached hydrogens (tertiary/aromatic N) is 2. The molecule has 1 amide bonds. The first-order valence-electron chi connectivity index (χ1n) is 9.51. The van der Waals surface area contributed by atoms with Gasteiger partial charge in [0.1, 0.15) is 11.4 Å². The topological polar surface area (TPSA) is 107 Å². The number of carbonyl (C=O) groups excluding carboxylic acids is 1. The highest BCUT2D eigenvalue weighted by Crippen LogP contribution is 2.37. The summed E-state index contributed by atoms with van der Waals surface area (Å²) >= 11 is 0. The summed E-state index contributed by atoms with van der Waals surface area (Å²) in [6, 6.07) is 12.6. The zero-order valence-electron chi connectivity index (χ0n) is 17.8. The average molecular weight is 424 g/mol. The van der Waals surface area contributed by atoms with Gasteiger partial charge in [-0.25, -0.2) is 5.43 Å². The van der Waals surface area contributed by atoms with Gasteiger partial charge in [0.25, 0.3) is 5.91 Å². The minimum atomic E-state index is -0.427. The molecule has 3 aromatic rings. The fourth-order valence-corrected chi connectivity index (χ4v) is 2.90. The van der Waals surface area contributed by atoms with Gasteiger partial charge in [-0.2, -0.15) is 10.2 Å². The summed E-state index contributed by atoms with van der Waals surface area (Å²) in [4.78, 5) is 12.4. The van der Waals surface area contributed by atoms with Crippen LogP contribution in [0.15, 0.2) is 47.6 Å². The fraction of sp³-hybridized carbons (Fsp3) is 0.227. The molecule has 2 aromatic carbocycles. The van der Waals surface area contributed by atoms with Crippen LogP contribution in [0.5, 0.6) is 23.0 Å². The Balaban J connectivity index is 1.70. The second-order valence-electron chi connectivity index (χ2n) is 6.29. The largest absolute Gasteiger partial charge is 0.494 e. The number of hydrazone groups is 1. The third-order valence-corrected chi connectivity index (χ3v) is 4.33. The highest BCUT2D eigenvalue weighted by atomic mass is 16.5. The van der Waals surface area contributed by atoms with Gasteiger partial charge in [0.05, 0.1) is 39.8 Å². The Morgan fingerprint density at radius 2 is 1.84 bits per heavy atom. The van der Waals surface area contributed by atoms with Crippen LogP contribution in [0, 0.1) is 0 Å². The van der Waals surface area contributed by atoms with E-state index in [-0.39, 0.29) is 5.69 Å². The van der Waals surface area contributed by atoms with Crippen molar-refractivity contribution in [3.8, 4) is 34.3 Å². The molecule has 1 aromatic heterocycles. The Morgan fingerprint density at radius 3 is 2.48 bits per heavy atom. The number of amides is 1. The minimum absolute atomic E-state index is 0.277. The van der Waals surface area contributed by atoms with Crippen molar-refractivity contribution in [3.63, 3.8) is 0 Å². The summed E-state index contributed by atoms with van der Waals surface area (Å²) in [5, 5.41) is 10.9. The predicted octanol–water partition coefficient (Wildman–Crippen LogP) is 3.27. The first-order valence-corrected chi connectivity index (χ1v) is 9.51. The molecule has 31 heavy (non-hydrogen) atoms. The Bertz CT molecular complexity index is 1050. The van der Waals surface area contributed by atoms with Gasteiger partial charge in [-0.3, -0.25) is 9.89 Å². The average Bonchev–Trinajstić information content (AvgIpc) is 3.29. The monoisotopic (exact) mass is 424 g/mol. The van der Waals surface area contributed by atoms with Crippen LogP contribution in [0.25, 0.3) is 11.3 Å². The van der Waals surface area contributed by atoms with E-state index >= 15 is 0 Å². The first kappa shape index (κ1) is 21.7. The molecule has 0 radical (unpaired) electrons. The number of methoxy groups -OCH3 is 3. The van der Waals surface area contributed by atoms with Crippen LogP contribution in [0.1, 0.15) is 23.0 Å². The van der Waals surface area contributed by atoms with Crippen LogP contribution in [0.3, 0.4) is 0 Å². The smallest absolute Gasteiger partial charge is 0.289 e. The summed E-state index contributed by atoms with van der Waals surface area (Å²) in [5.74, 6) is 1.76. The van der Waals surface area contributed by atoms with Crippen LogP contribution < -0.4 is 24.4 Å². The molecule has 0 saturated carbocycles. The molecule has 0 aliphatic rings. The van der Waals surface area contributed by atoms with E-state index in [0.29, 0.717) is 35.1 Å². The van der Waals surface area contributed by atoms with Gasteiger partial charge in [-0.05, 0) is 37.3 Å². The molecule has 0 atom stereocenters. The number of hydrogen-bond acceptors (Lipinski definition) is 7. The van der Waals surface area contributed by atoms with Crippen molar-refractivity contribution < 1.29 is 23.7 Å². The number of hydrogen-bond donors (Lipinski definition) is 2. The van der Waals surface area contributed by atoms with Crippen molar-refractivity contribution >= 4 is 12.1 Å². The third-order valence-electron chi connectivity index (χ3n) is 4.33. The summed E-state index contributed by atoms with van der Waals surface area (Å²) in [5.41, 5.74) is 4.87. The Morgan fingerprint density at radius 1 is 1.10 bits per heavy atom. The maximum Gasteiger partial charge on any atom is 0.289 e. The van der Waals surface area contributed by atoms with Crippen molar-refractivity contribution in [1.29, 1.82) is 0 Å². The van der Waals surface area contributed by atoms with E-state index in [0.717, 1.165) is 11.3 Å². The van der Waals surface area contributed by atoms with E-state index in [9.17, 15) is 4.79 Å². The molecule has 162 valence electrons.